The molecular formula is C12H16FN. The third kappa shape index (κ3) is 2.96. The molecule has 14 heavy (non-hydrogen) atoms. The van der Waals surface area contributed by atoms with Crippen molar-refractivity contribution in [2.75, 3.05) is 7.05 Å². The zero-order chi connectivity index (χ0) is 10.6. The second kappa shape index (κ2) is 4.91. The number of likely N-dealkylation sites (N-methyl/N-ethyl adjacent to an activating group) is 1. The number of hydrogen-bond acceptors (Lipinski definition) is 1. The van der Waals surface area contributed by atoms with Gasteiger partial charge in [0.25, 0.3) is 0 Å². The Labute approximate surface area is 84.6 Å². The van der Waals surface area contributed by atoms with E-state index in [1.165, 1.54) is 6.07 Å². The molecule has 1 aromatic carbocycles. The monoisotopic (exact) mass is 193 g/mol. The number of halogens is 1. The number of nitrogens with one attached hydrogen (secondary N) is 1. The van der Waals surface area contributed by atoms with Gasteiger partial charge in [-0.1, -0.05) is 18.2 Å². The van der Waals surface area contributed by atoms with Gasteiger partial charge in [-0.05, 0) is 44.2 Å². The largest absolute Gasteiger partial charge is 0.314 e. The Morgan fingerprint density at radius 3 is 2.71 bits per heavy atom. The molecule has 0 aliphatic carbocycles. The van der Waals surface area contributed by atoms with Gasteiger partial charge in [0, 0.05) is 6.04 Å². The summed E-state index contributed by atoms with van der Waals surface area (Å²) in [5.74, 6) is -0.149. The Morgan fingerprint density at radius 1 is 1.43 bits per heavy atom. The fourth-order valence-electron chi connectivity index (χ4n) is 1.12. The van der Waals surface area contributed by atoms with Crippen molar-refractivity contribution in [3.8, 4) is 0 Å². The van der Waals surface area contributed by atoms with Gasteiger partial charge in [0.1, 0.15) is 5.82 Å². The molecule has 0 saturated heterocycles. The maximum absolute atomic E-state index is 12.9. The van der Waals surface area contributed by atoms with Crippen molar-refractivity contribution in [2.45, 2.75) is 19.9 Å². The van der Waals surface area contributed by atoms with Crippen LogP contribution in [0.25, 0.3) is 6.08 Å². The van der Waals surface area contributed by atoms with E-state index in [2.05, 4.69) is 12.2 Å². The highest BCUT2D eigenvalue weighted by Gasteiger charge is 1.96. The molecule has 0 aromatic heterocycles. The van der Waals surface area contributed by atoms with E-state index in [1.54, 1.807) is 13.0 Å². The topological polar surface area (TPSA) is 12.0 Å². The lowest BCUT2D eigenvalue weighted by Gasteiger charge is -2.03. The zero-order valence-corrected chi connectivity index (χ0v) is 8.84. The van der Waals surface area contributed by atoms with E-state index >= 15 is 0 Å². The highest BCUT2D eigenvalue weighted by molar-refractivity contribution is 5.51. The minimum Gasteiger partial charge on any atom is -0.314 e. The fraction of sp³-hybridized carbons (Fsp3) is 0.333. The normalized spacial score (nSPS) is 13.4. The molecule has 0 fully saturated rings. The van der Waals surface area contributed by atoms with Crippen molar-refractivity contribution >= 4 is 6.08 Å². The van der Waals surface area contributed by atoms with E-state index in [4.69, 9.17) is 0 Å². The second-order valence-electron chi connectivity index (χ2n) is 3.45. The molecule has 0 radical (unpaired) electrons. The van der Waals surface area contributed by atoms with Crippen molar-refractivity contribution < 1.29 is 4.39 Å². The molecule has 0 bridgehead atoms. The van der Waals surface area contributed by atoms with Crippen molar-refractivity contribution in [3.05, 3.63) is 41.2 Å². The van der Waals surface area contributed by atoms with Gasteiger partial charge in [-0.25, -0.2) is 4.39 Å². The lowest BCUT2D eigenvalue weighted by atomic mass is 10.1. The summed E-state index contributed by atoms with van der Waals surface area (Å²) < 4.78 is 12.9. The molecule has 76 valence electrons. The average molecular weight is 193 g/mol. The number of benzene rings is 1. The average Bonchev–Trinajstić information content (AvgIpc) is 2.19. The minimum absolute atomic E-state index is 0.149. The molecule has 1 N–H and O–H groups in total. The molecule has 1 atom stereocenters. The highest BCUT2D eigenvalue weighted by Crippen LogP contribution is 2.10. The number of rotatable bonds is 3. The van der Waals surface area contributed by atoms with Crippen LogP contribution >= 0.6 is 0 Å². The maximum Gasteiger partial charge on any atom is 0.126 e. The molecule has 1 unspecified atom stereocenters. The first-order chi connectivity index (χ1) is 6.63. The van der Waals surface area contributed by atoms with E-state index in [0.717, 1.165) is 5.56 Å². The Morgan fingerprint density at radius 2 is 2.14 bits per heavy atom. The predicted octanol–water partition coefficient (Wildman–Crippen LogP) is 2.76. The van der Waals surface area contributed by atoms with Crippen molar-refractivity contribution in [2.24, 2.45) is 0 Å². The predicted molar refractivity (Wildman–Crippen MR) is 58.7 cm³/mol. The summed E-state index contributed by atoms with van der Waals surface area (Å²) in [5, 5.41) is 3.10. The summed E-state index contributed by atoms with van der Waals surface area (Å²) >= 11 is 0. The molecule has 0 spiro atoms. The summed E-state index contributed by atoms with van der Waals surface area (Å²) in [7, 11) is 1.91. The van der Waals surface area contributed by atoms with Gasteiger partial charge in [-0.15, -0.1) is 0 Å². The molecule has 0 amide bonds. The third-order valence-electron chi connectivity index (χ3n) is 2.21. The molecular weight excluding hydrogens is 177 g/mol. The molecule has 0 heterocycles. The Hall–Kier alpha value is -1.15. The molecule has 0 saturated carbocycles. The second-order valence-corrected chi connectivity index (χ2v) is 3.45. The standard InChI is InChI=1S/C12H16FN/c1-9-8-11(6-7-12(9)13)5-4-10(2)14-3/h4-8,10,14H,1-3H3/b5-4+. The maximum atomic E-state index is 12.9. The Balaban J connectivity index is 2.77. The molecule has 1 nitrogen and oxygen atoms in total. The fourth-order valence-corrected chi connectivity index (χ4v) is 1.12. The van der Waals surface area contributed by atoms with E-state index in [9.17, 15) is 4.39 Å². The van der Waals surface area contributed by atoms with Crippen molar-refractivity contribution in [1.29, 1.82) is 0 Å². The van der Waals surface area contributed by atoms with Crippen LogP contribution in [-0.4, -0.2) is 13.1 Å². The molecule has 1 rings (SSSR count). The van der Waals surface area contributed by atoms with Crippen LogP contribution in [-0.2, 0) is 0 Å². The lowest BCUT2D eigenvalue weighted by molar-refractivity contribution is 0.618. The van der Waals surface area contributed by atoms with Gasteiger partial charge in [0.2, 0.25) is 0 Å². The van der Waals surface area contributed by atoms with Gasteiger partial charge in [0.15, 0.2) is 0 Å². The highest BCUT2D eigenvalue weighted by atomic mass is 19.1. The van der Waals surface area contributed by atoms with Gasteiger partial charge in [-0.3, -0.25) is 0 Å². The van der Waals surface area contributed by atoms with Crippen LogP contribution in [0.15, 0.2) is 24.3 Å². The third-order valence-corrected chi connectivity index (χ3v) is 2.21. The van der Waals surface area contributed by atoms with Gasteiger partial charge in [0.05, 0.1) is 0 Å². The van der Waals surface area contributed by atoms with Crippen molar-refractivity contribution in [3.63, 3.8) is 0 Å². The van der Waals surface area contributed by atoms with E-state index in [-0.39, 0.29) is 5.82 Å². The van der Waals surface area contributed by atoms with Crippen LogP contribution in [0.2, 0.25) is 0 Å². The van der Waals surface area contributed by atoms with Crippen LogP contribution in [0.4, 0.5) is 4.39 Å². The van der Waals surface area contributed by atoms with Crippen LogP contribution in [0.1, 0.15) is 18.1 Å². The lowest BCUT2D eigenvalue weighted by Crippen LogP contribution is -2.17. The van der Waals surface area contributed by atoms with E-state index in [0.29, 0.717) is 11.6 Å². The Kier molecular flexibility index (Phi) is 3.84. The van der Waals surface area contributed by atoms with E-state index < -0.39 is 0 Å². The van der Waals surface area contributed by atoms with E-state index in [1.807, 2.05) is 25.3 Å². The van der Waals surface area contributed by atoms with Crippen molar-refractivity contribution in [1.82, 2.24) is 5.32 Å². The first-order valence-corrected chi connectivity index (χ1v) is 4.75. The molecule has 1 aromatic rings. The zero-order valence-electron chi connectivity index (χ0n) is 8.84. The van der Waals surface area contributed by atoms with Gasteiger partial charge < -0.3 is 5.32 Å². The quantitative estimate of drug-likeness (QED) is 0.778. The smallest absolute Gasteiger partial charge is 0.126 e. The summed E-state index contributed by atoms with van der Waals surface area (Å²) in [5.41, 5.74) is 1.72. The minimum atomic E-state index is -0.149. The molecule has 0 aliphatic rings. The SMILES string of the molecule is CNC(C)/C=C/c1ccc(F)c(C)c1. The summed E-state index contributed by atoms with van der Waals surface area (Å²) in [6.45, 7) is 3.83. The Bertz CT molecular complexity index is 331. The van der Waals surface area contributed by atoms with Crippen LogP contribution in [0, 0.1) is 12.7 Å². The molecule has 2 heteroatoms. The van der Waals surface area contributed by atoms with Crippen LogP contribution < -0.4 is 5.32 Å². The summed E-state index contributed by atoms with van der Waals surface area (Å²) in [4.78, 5) is 0. The van der Waals surface area contributed by atoms with Crippen LogP contribution in [0.3, 0.4) is 0 Å². The number of hydrogen-bond donors (Lipinski definition) is 1. The molecule has 0 aliphatic heterocycles. The van der Waals surface area contributed by atoms with Gasteiger partial charge >= 0.3 is 0 Å². The summed E-state index contributed by atoms with van der Waals surface area (Å²) in [6, 6.07) is 5.45. The number of aryl methyl sites for hydroxylation is 1. The van der Waals surface area contributed by atoms with Crippen LogP contribution in [0.5, 0.6) is 0 Å². The summed E-state index contributed by atoms with van der Waals surface area (Å²) in [6.07, 6.45) is 4.04. The van der Waals surface area contributed by atoms with Gasteiger partial charge in [-0.2, -0.15) is 0 Å². The first-order valence-electron chi connectivity index (χ1n) is 4.75. The first kappa shape index (κ1) is 10.9.